The zero-order valence-corrected chi connectivity index (χ0v) is 16.6. The summed E-state index contributed by atoms with van der Waals surface area (Å²) in [6.45, 7) is 1.55. The van der Waals surface area contributed by atoms with Crippen molar-refractivity contribution in [1.29, 1.82) is 0 Å². The smallest absolute Gasteiger partial charge is 0.331 e. The van der Waals surface area contributed by atoms with Gasteiger partial charge < -0.3 is 4.74 Å². The van der Waals surface area contributed by atoms with Crippen LogP contribution >= 0.6 is 23.1 Å². The number of amides is 1. The van der Waals surface area contributed by atoms with Gasteiger partial charge in [0.25, 0.3) is 5.91 Å². The maximum Gasteiger partial charge on any atom is 0.331 e. The molecule has 0 aliphatic carbocycles. The minimum absolute atomic E-state index is 0.300. The first-order chi connectivity index (χ1) is 13.6. The number of ether oxygens (including phenoxy) is 1. The lowest BCUT2D eigenvalue weighted by atomic mass is 10.2. The number of nitrogens with zero attached hydrogens (tertiary/aromatic N) is 2. The van der Waals surface area contributed by atoms with Crippen LogP contribution < -0.4 is 4.90 Å². The van der Waals surface area contributed by atoms with Crippen LogP contribution in [0.2, 0.25) is 0 Å². The molecule has 2 heterocycles. The molecule has 0 spiro atoms. The Balaban J connectivity index is 1.49. The van der Waals surface area contributed by atoms with Crippen LogP contribution in [0.1, 0.15) is 10.7 Å². The number of hydrogen-bond acceptors (Lipinski definition) is 6. The molecule has 5 nitrogen and oxygen atoms in total. The fourth-order valence-electron chi connectivity index (χ4n) is 2.83. The first-order valence-corrected chi connectivity index (χ1v) is 10.3. The molecule has 4 rings (SSSR count). The van der Waals surface area contributed by atoms with Gasteiger partial charge in [0, 0.05) is 21.2 Å². The molecule has 0 bridgehead atoms. The molecule has 0 saturated heterocycles. The highest BCUT2D eigenvalue weighted by Gasteiger charge is 2.28. The Bertz CT molecular complexity index is 1030. The fourth-order valence-corrected chi connectivity index (χ4v) is 4.47. The van der Waals surface area contributed by atoms with E-state index in [1.54, 1.807) is 22.7 Å². The molecule has 0 atom stereocenters. The van der Waals surface area contributed by atoms with E-state index in [4.69, 9.17) is 4.74 Å². The molecular weight excluding hydrogens is 392 g/mol. The number of thiazole rings is 1. The number of anilines is 2. The van der Waals surface area contributed by atoms with Gasteiger partial charge >= 0.3 is 5.97 Å². The minimum Gasteiger partial charge on any atom is -0.452 e. The number of aromatic nitrogens is 1. The molecule has 1 aliphatic rings. The van der Waals surface area contributed by atoms with Crippen molar-refractivity contribution in [2.24, 2.45) is 0 Å². The van der Waals surface area contributed by atoms with Crippen LogP contribution in [0.15, 0.2) is 69.8 Å². The van der Waals surface area contributed by atoms with Gasteiger partial charge in [0.1, 0.15) is 0 Å². The van der Waals surface area contributed by atoms with Crippen molar-refractivity contribution in [2.75, 3.05) is 11.5 Å². The molecule has 3 aromatic rings. The number of fused-ring (bicyclic) bond motifs is 2. The minimum atomic E-state index is -0.577. The highest BCUT2D eigenvalue weighted by molar-refractivity contribution is 7.99. The van der Waals surface area contributed by atoms with Crippen LogP contribution in [-0.2, 0) is 14.3 Å². The summed E-state index contributed by atoms with van der Waals surface area (Å²) in [4.78, 5) is 32.7. The number of aryl methyl sites for hydroxylation is 1. The van der Waals surface area contributed by atoms with Crippen molar-refractivity contribution >= 4 is 52.4 Å². The normalized spacial score (nSPS) is 12.5. The summed E-state index contributed by atoms with van der Waals surface area (Å²) in [5.74, 6) is -0.876. The first-order valence-electron chi connectivity index (χ1n) is 8.57. The SMILES string of the molecule is Cc1nc(/C=C/C(=O)OCC(=O)N2c3ccccc3Sc3ccccc32)cs1. The van der Waals surface area contributed by atoms with Crippen LogP contribution in [0.4, 0.5) is 11.4 Å². The molecular formula is C21H16N2O3S2. The van der Waals surface area contributed by atoms with Gasteiger partial charge in [-0.3, -0.25) is 9.69 Å². The molecule has 1 aliphatic heterocycles. The van der Waals surface area contributed by atoms with Crippen molar-refractivity contribution in [3.05, 3.63) is 70.7 Å². The zero-order chi connectivity index (χ0) is 19.5. The number of benzene rings is 2. The second-order valence-corrected chi connectivity index (χ2v) is 8.15. The standard InChI is InChI=1S/C21H16N2O3S2/c1-14-22-15(13-27-14)10-11-21(25)26-12-20(24)23-16-6-2-4-8-18(16)28-19-9-5-3-7-17(19)23/h2-11,13H,12H2,1H3/b11-10+. The van der Waals surface area contributed by atoms with Crippen LogP contribution in [-0.4, -0.2) is 23.5 Å². The molecule has 7 heteroatoms. The maximum atomic E-state index is 12.9. The van der Waals surface area contributed by atoms with Gasteiger partial charge in [0.05, 0.1) is 22.1 Å². The second-order valence-electron chi connectivity index (χ2n) is 6.00. The predicted octanol–water partition coefficient (Wildman–Crippen LogP) is 4.84. The van der Waals surface area contributed by atoms with Crippen LogP contribution in [0.25, 0.3) is 6.08 Å². The lowest BCUT2D eigenvalue weighted by Gasteiger charge is -2.30. The first kappa shape index (κ1) is 18.5. The van der Waals surface area contributed by atoms with Crippen molar-refractivity contribution in [3.8, 4) is 0 Å². The van der Waals surface area contributed by atoms with Crippen LogP contribution in [0, 0.1) is 6.92 Å². The Morgan fingerprint density at radius 1 is 1.07 bits per heavy atom. The van der Waals surface area contributed by atoms with Crippen LogP contribution in [0.5, 0.6) is 0 Å². The summed E-state index contributed by atoms with van der Waals surface area (Å²) in [5, 5.41) is 2.77. The van der Waals surface area contributed by atoms with Gasteiger partial charge in [-0.05, 0) is 37.3 Å². The summed E-state index contributed by atoms with van der Waals surface area (Å²) < 4.78 is 5.17. The molecule has 0 N–H and O–H groups in total. The third-order valence-corrected chi connectivity index (χ3v) is 5.97. The zero-order valence-electron chi connectivity index (χ0n) is 15.0. The van der Waals surface area contributed by atoms with Crippen molar-refractivity contribution < 1.29 is 14.3 Å². The average Bonchev–Trinajstić information content (AvgIpc) is 3.13. The van der Waals surface area contributed by atoms with E-state index in [0.717, 1.165) is 26.2 Å². The Hall–Kier alpha value is -2.90. The second kappa shape index (κ2) is 8.00. The molecule has 28 heavy (non-hydrogen) atoms. The van der Waals surface area contributed by atoms with E-state index in [9.17, 15) is 9.59 Å². The van der Waals surface area contributed by atoms with Gasteiger partial charge in [0.2, 0.25) is 0 Å². The molecule has 1 amide bonds. The number of para-hydroxylation sites is 2. The molecule has 1 aromatic heterocycles. The predicted molar refractivity (Wildman–Crippen MR) is 111 cm³/mol. The maximum absolute atomic E-state index is 12.9. The molecule has 0 unspecified atom stereocenters. The number of esters is 1. The van der Waals surface area contributed by atoms with Crippen molar-refractivity contribution in [1.82, 2.24) is 4.98 Å². The van der Waals surface area contributed by atoms with E-state index >= 15 is 0 Å². The number of rotatable bonds is 4. The highest BCUT2D eigenvalue weighted by atomic mass is 32.2. The summed E-state index contributed by atoms with van der Waals surface area (Å²) in [7, 11) is 0. The molecule has 0 fully saturated rings. The summed E-state index contributed by atoms with van der Waals surface area (Å²) in [5.41, 5.74) is 2.28. The summed E-state index contributed by atoms with van der Waals surface area (Å²) >= 11 is 3.12. The highest BCUT2D eigenvalue weighted by Crippen LogP contribution is 2.47. The lowest BCUT2D eigenvalue weighted by molar-refractivity contribution is -0.142. The summed E-state index contributed by atoms with van der Waals surface area (Å²) in [6, 6.07) is 15.4. The molecule has 0 saturated carbocycles. The molecule has 2 aromatic carbocycles. The Kier molecular flexibility index (Phi) is 5.27. The largest absolute Gasteiger partial charge is 0.452 e. The third kappa shape index (κ3) is 3.85. The van der Waals surface area contributed by atoms with Gasteiger partial charge in [-0.15, -0.1) is 11.3 Å². The number of carbonyl (C=O) groups excluding carboxylic acids is 2. The van der Waals surface area contributed by atoms with Gasteiger partial charge in [-0.25, -0.2) is 9.78 Å². The van der Waals surface area contributed by atoms with Gasteiger partial charge in [-0.2, -0.15) is 0 Å². The Morgan fingerprint density at radius 2 is 1.71 bits per heavy atom. The van der Waals surface area contributed by atoms with E-state index in [1.165, 1.54) is 17.4 Å². The van der Waals surface area contributed by atoms with Gasteiger partial charge in [0.15, 0.2) is 6.61 Å². The lowest BCUT2D eigenvalue weighted by Crippen LogP contribution is -2.32. The molecule has 140 valence electrons. The van der Waals surface area contributed by atoms with E-state index in [0.29, 0.717) is 5.69 Å². The average molecular weight is 409 g/mol. The number of hydrogen-bond donors (Lipinski definition) is 0. The van der Waals surface area contributed by atoms with E-state index in [2.05, 4.69) is 4.98 Å². The van der Waals surface area contributed by atoms with Gasteiger partial charge in [-0.1, -0.05) is 36.0 Å². The number of carbonyl (C=O) groups is 2. The Labute approximate surface area is 170 Å². The quantitative estimate of drug-likeness (QED) is 0.457. The molecule has 0 radical (unpaired) electrons. The van der Waals surface area contributed by atoms with E-state index in [1.807, 2.05) is 60.8 Å². The fraction of sp³-hybridized carbons (Fsp3) is 0.0952. The van der Waals surface area contributed by atoms with E-state index < -0.39 is 5.97 Å². The van der Waals surface area contributed by atoms with E-state index in [-0.39, 0.29) is 12.5 Å². The third-order valence-electron chi connectivity index (χ3n) is 4.05. The van der Waals surface area contributed by atoms with Crippen molar-refractivity contribution in [2.45, 2.75) is 16.7 Å². The van der Waals surface area contributed by atoms with Crippen LogP contribution in [0.3, 0.4) is 0 Å². The summed E-state index contributed by atoms with van der Waals surface area (Å²) in [6.07, 6.45) is 2.87. The monoisotopic (exact) mass is 408 g/mol. The topological polar surface area (TPSA) is 59.5 Å². The Morgan fingerprint density at radius 3 is 2.32 bits per heavy atom. The van der Waals surface area contributed by atoms with Crippen molar-refractivity contribution in [3.63, 3.8) is 0 Å².